The largest absolute Gasteiger partial charge is 0.506 e. The number of carbonyl (C=O) groups is 1. The predicted octanol–water partition coefficient (Wildman–Crippen LogP) is 2.34. The molecule has 9 nitrogen and oxygen atoms in total. The summed E-state index contributed by atoms with van der Waals surface area (Å²) in [6.45, 7) is 6.11. The van der Waals surface area contributed by atoms with Crippen LogP contribution in [0.3, 0.4) is 0 Å². The van der Waals surface area contributed by atoms with E-state index in [1.807, 2.05) is 17.0 Å². The summed E-state index contributed by atoms with van der Waals surface area (Å²) >= 11 is 0. The molecule has 2 fully saturated rings. The standard InChI is InChI=1S/C24H32N4O5S/c1-2-33-22-10-9-19(17-23(22)34(31,32)28-11-5-6-12-28)25-24(30)18-26-13-15-27(16-14-26)20-7-3-4-8-21(20)29/h3-4,7-10,17,29H,2,5-6,11-16,18H2,1H3,(H,25,30). The molecule has 184 valence electrons. The molecule has 2 saturated heterocycles. The highest BCUT2D eigenvalue weighted by atomic mass is 32.2. The normalized spacial score (nSPS) is 17.6. The van der Waals surface area contributed by atoms with Gasteiger partial charge in [-0.1, -0.05) is 12.1 Å². The second kappa shape index (κ2) is 10.6. The zero-order valence-electron chi connectivity index (χ0n) is 19.4. The average molecular weight is 489 g/mol. The van der Waals surface area contributed by atoms with Crippen molar-refractivity contribution in [3.8, 4) is 11.5 Å². The number of anilines is 2. The number of ether oxygens (including phenoxy) is 1. The summed E-state index contributed by atoms with van der Waals surface area (Å²) in [5, 5.41) is 12.9. The van der Waals surface area contributed by atoms with Gasteiger partial charge in [0.25, 0.3) is 0 Å². The van der Waals surface area contributed by atoms with Gasteiger partial charge in [0.2, 0.25) is 15.9 Å². The number of phenolic OH excluding ortho intramolecular Hbond substituents is 1. The fourth-order valence-corrected chi connectivity index (χ4v) is 6.09. The third-order valence-electron chi connectivity index (χ3n) is 6.17. The lowest BCUT2D eigenvalue weighted by molar-refractivity contribution is -0.117. The van der Waals surface area contributed by atoms with E-state index >= 15 is 0 Å². The van der Waals surface area contributed by atoms with E-state index < -0.39 is 10.0 Å². The molecule has 0 spiro atoms. The van der Waals surface area contributed by atoms with Gasteiger partial charge in [-0.05, 0) is 50.1 Å². The molecule has 1 amide bonds. The van der Waals surface area contributed by atoms with Gasteiger partial charge in [-0.25, -0.2) is 8.42 Å². The number of rotatable bonds is 8. The lowest BCUT2D eigenvalue weighted by Crippen LogP contribution is -2.48. The van der Waals surface area contributed by atoms with Crippen molar-refractivity contribution in [2.45, 2.75) is 24.7 Å². The topological polar surface area (TPSA) is 102 Å². The van der Waals surface area contributed by atoms with Gasteiger partial charge in [0, 0.05) is 45.0 Å². The quantitative estimate of drug-likeness (QED) is 0.588. The molecule has 0 saturated carbocycles. The van der Waals surface area contributed by atoms with Crippen molar-refractivity contribution >= 4 is 27.3 Å². The maximum atomic E-state index is 13.2. The zero-order chi connectivity index (χ0) is 24.1. The van der Waals surface area contributed by atoms with Crippen molar-refractivity contribution < 1.29 is 23.1 Å². The van der Waals surface area contributed by atoms with Crippen molar-refractivity contribution in [1.82, 2.24) is 9.21 Å². The molecule has 34 heavy (non-hydrogen) atoms. The molecule has 2 heterocycles. The van der Waals surface area contributed by atoms with Gasteiger partial charge in [-0.15, -0.1) is 0 Å². The van der Waals surface area contributed by atoms with Crippen LogP contribution in [0.2, 0.25) is 0 Å². The molecule has 0 bridgehead atoms. The summed E-state index contributed by atoms with van der Waals surface area (Å²) in [6, 6.07) is 12.0. The van der Waals surface area contributed by atoms with Crippen LogP contribution < -0.4 is 15.0 Å². The Kier molecular flexibility index (Phi) is 7.60. The van der Waals surface area contributed by atoms with E-state index in [1.165, 1.54) is 10.4 Å². The number of hydrogen-bond donors (Lipinski definition) is 2. The van der Waals surface area contributed by atoms with Gasteiger partial charge in [-0.2, -0.15) is 4.31 Å². The van der Waals surface area contributed by atoms with Crippen molar-refractivity contribution in [2.75, 3.05) is 62.6 Å². The van der Waals surface area contributed by atoms with E-state index in [0.717, 1.165) is 18.5 Å². The van der Waals surface area contributed by atoms with Gasteiger partial charge >= 0.3 is 0 Å². The first-order valence-electron chi connectivity index (χ1n) is 11.7. The Morgan fingerprint density at radius 1 is 1.03 bits per heavy atom. The lowest BCUT2D eigenvalue weighted by atomic mass is 10.2. The third kappa shape index (κ3) is 5.45. The van der Waals surface area contributed by atoms with E-state index in [0.29, 0.717) is 57.3 Å². The van der Waals surface area contributed by atoms with Crippen LogP contribution in [-0.4, -0.2) is 81.1 Å². The number of aromatic hydroxyl groups is 1. The van der Waals surface area contributed by atoms with E-state index in [-0.39, 0.29) is 23.1 Å². The highest BCUT2D eigenvalue weighted by molar-refractivity contribution is 7.89. The second-order valence-electron chi connectivity index (χ2n) is 8.51. The molecule has 0 unspecified atom stereocenters. The number of sulfonamides is 1. The molecular formula is C24H32N4O5S. The Labute approximate surface area is 201 Å². The van der Waals surface area contributed by atoms with Crippen LogP contribution in [0.25, 0.3) is 0 Å². The van der Waals surface area contributed by atoms with Crippen LogP contribution in [0.15, 0.2) is 47.4 Å². The van der Waals surface area contributed by atoms with E-state index in [2.05, 4.69) is 10.2 Å². The summed E-state index contributed by atoms with van der Waals surface area (Å²) in [5.41, 5.74) is 1.23. The molecule has 2 N–H and O–H groups in total. The van der Waals surface area contributed by atoms with Crippen molar-refractivity contribution in [1.29, 1.82) is 0 Å². The highest BCUT2D eigenvalue weighted by Gasteiger charge is 2.30. The Morgan fingerprint density at radius 2 is 1.74 bits per heavy atom. The van der Waals surface area contributed by atoms with Crippen LogP contribution >= 0.6 is 0 Å². The third-order valence-corrected chi connectivity index (χ3v) is 8.09. The van der Waals surface area contributed by atoms with E-state index in [9.17, 15) is 18.3 Å². The van der Waals surface area contributed by atoms with Crippen molar-refractivity contribution in [3.05, 3.63) is 42.5 Å². The fraction of sp³-hybridized carbons (Fsp3) is 0.458. The molecule has 2 aliphatic heterocycles. The molecule has 0 aromatic heterocycles. The molecule has 0 atom stereocenters. The van der Waals surface area contributed by atoms with Gasteiger partial charge in [0.1, 0.15) is 16.4 Å². The molecule has 2 aromatic carbocycles. The average Bonchev–Trinajstić information content (AvgIpc) is 3.37. The Balaban J connectivity index is 1.39. The van der Waals surface area contributed by atoms with Crippen LogP contribution in [0.4, 0.5) is 11.4 Å². The summed E-state index contributed by atoms with van der Waals surface area (Å²) in [6.07, 6.45) is 1.69. The molecule has 4 rings (SSSR count). The SMILES string of the molecule is CCOc1ccc(NC(=O)CN2CCN(c3ccccc3O)CC2)cc1S(=O)(=O)N1CCCC1. The Hall–Kier alpha value is -2.82. The first-order chi connectivity index (χ1) is 16.4. The Morgan fingerprint density at radius 3 is 2.41 bits per heavy atom. The van der Waals surface area contributed by atoms with Gasteiger partial charge in [-0.3, -0.25) is 9.69 Å². The predicted molar refractivity (Wildman–Crippen MR) is 131 cm³/mol. The maximum Gasteiger partial charge on any atom is 0.246 e. The van der Waals surface area contributed by atoms with Gasteiger partial charge in [0.05, 0.1) is 18.8 Å². The molecular weight excluding hydrogens is 456 g/mol. The summed E-state index contributed by atoms with van der Waals surface area (Å²) in [4.78, 5) is 17.0. The molecule has 2 aliphatic rings. The first kappa shape index (κ1) is 24.3. The minimum absolute atomic E-state index is 0.0883. The maximum absolute atomic E-state index is 13.2. The van der Waals surface area contributed by atoms with Gasteiger partial charge in [0.15, 0.2) is 0 Å². The number of phenols is 1. The number of carbonyl (C=O) groups excluding carboxylic acids is 1. The minimum Gasteiger partial charge on any atom is -0.506 e. The van der Waals surface area contributed by atoms with Crippen molar-refractivity contribution in [3.63, 3.8) is 0 Å². The smallest absolute Gasteiger partial charge is 0.246 e. The fourth-order valence-electron chi connectivity index (χ4n) is 4.41. The number of nitrogens with zero attached hydrogens (tertiary/aromatic N) is 3. The lowest BCUT2D eigenvalue weighted by Gasteiger charge is -2.35. The van der Waals surface area contributed by atoms with Crippen LogP contribution in [-0.2, 0) is 14.8 Å². The van der Waals surface area contributed by atoms with Crippen LogP contribution in [0.5, 0.6) is 11.5 Å². The number of benzene rings is 2. The van der Waals surface area contributed by atoms with E-state index in [4.69, 9.17) is 4.74 Å². The van der Waals surface area contributed by atoms with E-state index in [1.54, 1.807) is 31.2 Å². The molecule has 10 heteroatoms. The second-order valence-corrected chi connectivity index (χ2v) is 10.4. The number of hydrogen-bond acceptors (Lipinski definition) is 7. The summed E-state index contributed by atoms with van der Waals surface area (Å²) in [7, 11) is -3.69. The highest BCUT2D eigenvalue weighted by Crippen LogP contribution is 2.32. The summed E-state index contributed by atoms with van der Waals surface area (Å²) < 4.78 is 33.4. The molecule has 2 aromatic rings. The van der Waals surface area contributed by atoms with Crippen molar-refractivity contribution in [2.24, 2.45) is 0 Å². The minimum atomic E-state index is -3.69. The molecule has 0 radical (unpaired) electrons. The van der Waals surface area contributed by atoms with Gasteiger partial charge < -0.3 is 20.1 Å². The number of nitrogens with one attached hydrogen (secondary N) is 1. The zero-order valence-corrected chi connectivity index (χ0v) is 20.3. The number of para-hydroxylation sites is 2. The first-order valence-corrected chi connectivity index (χ1v) is 13.1. The van der Waals surface area contributed by atoms with Crippen LogP contribution in [0.1, 0.15) is 19.8 Å². The molecule has 0 aliphatic carbocycles. The summed E-state index contributed by atoms with van der Waals surface area (Å²) in [5.74, 6) is 0.348. The van der Waals surface area contributed by atoms with Crippen LogP contribution in [0, 0.1) is 0 Å². The number of amides is 1. The number of piperazine rings is 1. The Bertz CT molecular complexity index is 1110. The monoisotopic (exact) mass is 488 g/mol.